The number of nitrogens with two attached hydrogens (primary N) is 1. The monoisotopic (exact) mass is 191 g/mol. The van der Waals surface area contributed by atoms with Gasteiger partial charge in [-0.1, -0.05) is 6.07 Å². The lowest BCUT2D eigenvalue weighted by atomic mass is 10.1. The normalized spacial score (nSPS) is 10.4. The minimum atomic E-state index is -0.453. The number of hydrogen-bond acceptors (Lipinski definition) is 2. The molecule has 1 aromatic carbocycles. The van der Waals surface area contributed by atoms with Gasteiger partial charge in [0.15, 0.2) is 0 Å². The fourth-order valence-corrected chi connectivity index (χ4v) is 1.17. The Labute approximate surface area is 83.2 Å². The summed E-state index contributed by atoms with van der Waals surface area (Å²) >= 11 is 0. The Morgan fingerprint density at radius 1 is 1.43 bits per heavy atom. The van der Waals surface area contributed by atoms with Crippen LogP contribution in [-0.2, 0) is 4.79 Å². The Balaban J connectivity index is 2.97. The van der Waals surface area contributed by atoms with Gasteiger partial charge in [-0.15, -0.1) is 0 Å². The van der Waals surface area contributed by atoms with Crippen LogP contribution in [0.25, 0.3) is 6.08 Å². The van der Waals surface area contributed by atoms with E-state index in [1.54, 1.807) is 13.2 Å². The molecule has 0 spiro atoms. The van der Waals surface area contributed by atoms with Crippen LogP contribution in [0, 0.1) is 6.92 Å². The van der Waals surface area contributed by atoms with E-state index in [0.29, 0.717) is 0 Å². The highest BCUT2D eigenvalue weighted by atomic mass is 16.5. The molecule has 0 radical (unpaired) electrons. The minimum absolute atomic E-state index is 0.453. The molecule has 1 amide bonds. The predicted octanol–water partition coefficient (Wildman–Crippen LogP) is 1.50. The van der Waals surface area contributed by atoms with Crippen LogP contribution in [0.2, 0.25) is 0 Å². The smallest absolute Gasteiger partial charge is 0.241 e. The summed E-state index contributed by atoms with van der Waals surface area (Å²) in [6.45, 7) is 1.96. The van der Waals surface area contributed by atoms with Crippen molar-refractivity contribution in [1.82, 2.24) is 0 Å². The summed E-state index contributed by atoms with van der Waals surface area (Å²) in [6, 6.07) is 5.70. The fourth-order valence-electron chi connectivity index (χ4n) is 1.17. The molecule has 3 nitrogen and oxygen atoms in total. The first-order chi connectivity index (χ1) is 6.61. The van der Waals surface area contributed by atoms with Crippen molar-refractivity contribution in [3.05, 3.63) is 35.4 Å². The molecule has 0 saturated carbocycles. The van der Waals surface area contributed by atoms with Crippen molar-refractivity contribution in [2.24, 2.45) is 5.73 Å². The molecular weight excluding hydrogens is 178 g/mol. The van der Waals surface area contributed by atoms with Crippen LogP contribution in [0.5, 0.6) is 5.75 Å². The highest BCUT2D eigenvalue weighted by molar-refractivity contribution is 5.90. The van der Waals surface area contributed by atoms with E-state index in [9.17, 15) is 4.79 Å². The third kappa shape index (κ3) is 2.94. The molecule has 2 N–H and O–H groups in total. The summed E-state index contributed by atoms with van der Waals surface area (Å²) in [7, 11) is 1.61. The van der Waals surface area contributed by atoms with E-state index < -0.39 is 5.91 Å². The fraction of sp³-hybridized carbons (Fsp3) is 0.182. The van der Waals surface area contributed by atoms with E-state index in [1.165, 1.54) is 6.08 Å². The van der Waals surface area contributed by atoms with Crippen molar-refractivity contribution in [1.29, 1.82) is 0 Å². The number of amides is 1. The van der Waals surface area contributed by atoms with Crippen LogP contribution < -0.4 is 10.5 Å². The number of carbonyl (C=O) groups excluding carboxylic acids is 1. The molecular formula is C11H13NO2. The average molecular weight is 191 g/mol. The lowest BCUT2D eigenvalue weighted by Crippen LogP contribution is -2.05. The first kappa shape index (κ1) is 10.3. The summed E-state index contributed by atoms with van der Waals surface area (Å²) in [5.74, 6) is 0.319. The molecule has 74 valence electrons. The zero-order valence-electron chi connectivity index (χ0n) is 8.28. The number of carbonyl (C=O) groups is 1. The van der Waals surface area contributed by atoms with Crippen LogP contribution >= 0.6 is 0 Å². The maximum Gasteiger partial charge on any atom is 0.241 e. The average Bonchev–Trinajstić information content (AvgIpc) is 2.14. The van der Waals surface area contributed by atoms with Crippen LogP contribution in [-0.4, -0.2) is 13.0 Å². The number of aryl methyl sites for hydroxylation is 1. The van der Waals surface area contributed by atoms with Crippen molar-refractivity contribution in [3.63, 3.8) is 0 Å². The van der Waals surface area contributed by atoms with E-state index in [1.807, 2.05) is 25.1 Å². The van der Waals surface area contributed by atoms with Gasteiger partial charge in [-0.3, -0.25) is 4.79 Å². The van der Waals surface area contributed by atoms with Gasteiger partial charge in [0.2, 0.25) is 5.91 Å². The van der Waals surface area contributed by atoms with Gasteiger partial charge in [0.1, 0.15) is 5.75 Å². The van der Waals surface area contributed by atoms with Crippen molar-refractivity contribution in [3.8, 4) is 5.75 Å². The summed E-state index contributed by atoms with van der Waals surface area (Å²) in [5, 5.41) is 0. The summed E-state index contributed by atoms with van der Waals surface area (Å²) in [4.78, 5) is 10.5. The molecule has 0 aliphatic rings. The molecule has 0 bridgehead atoms. The highest BCUT2D eigenvalue weighted by Crippen LogP contribution is 2.17. The van der Waals surface area contributed by atoms with E-state index >= 15 is 0 Å². The maximum atomic E-state index is 10.5. The molecule has 14 heavy (non-hydrogen) atoms. The first-order valence-corrected chi connectivity index (χ1v) is 4.25. The van der Waals surface area contributed by atoms with E-state index in [2.05, 4.69) is 0 Å². The molecule has 0 aromatic heterocycles. The van der Waals surface area contributed by atoms with Gasteiger partial charge in [0.05, 0.1) is 7.11 Å². The maximum absolute atomic E-state index is 10.5. The van der Waals surface area contributed by atoms with E-state index in [4.69, 9.17) is 10.5 Å². The topological polar surface area (TPSA) is 52.3 Å². The first-order valence-electron chi connectivity index (χ1n) is 4.25. The number of ether oxygens (including phenoxy) is 1. The zero-order chi connectivity index (χ0) is 10.6. The summed E-state index contributed by atoms with van der Waals surface area (Å²) in [5.41, 5.74) is 6.97. The number of rotatable bonds is 3. The molecule has 0 saturated heterocycles. The molecule has 0 unspecified atom stereocenters. The lowest BCUT2D eigenvalue weighted by molar-refractivity contribution is -0.113. The number of primary amides is 1. The van der Waals surface area contributed by atoms with Gasteiger partial charge in [-0.2, -0.15) is 0 Å². The Bertz CT molecular complexity index is 370. The van der Waals surface area contributed by atoms with Gasteiger partial charge in [0, 0.05) is 6.08 Å². The SMILES string of the molecule is COc1cc(C)cc(C=CC(N)=O)c1. The molecule has 0 aliphatic carbocycles. The minimum Gasteiger partial charge on any atom is -0.497 e. The molecule has 0 fully saturated rings. The number of benzene rings is 1. The molecule has 3 heteroatoms. The standard InChI is InChI=1S/C11H13NO2/c1-8-5-9(3-4-11(12)13)7-10(6-8)14-2/h3-7H,1-2H3,(H2,12,13). The highest BCUT2D eigenvalue weighted by Gasteiger charge is 1.95. The van der Waals surface area contributed by atoms with E-state index in [0.717, 1.165) is 16.9 Å². The van der Waals surface area contributed by atoms with Gasteiger partial charge < -0.3 is 10.5 Å². The van der Waals surface area contributed by atoms with Crippen molar-refractivity contribution in [2.75, 3.05) is 7.11 Å². The van der Waals surface area contributed by atoms with Gasteiger partial charge in [0.25, 0.3) is 0 Å². The Morgan fingerprint density at radius 2 is 2.14 bits per heavy atom. The summed E-state index contributed by atoms with van der Waals surface area (Å²) in [6.07, 6.45) is 2.99. The molecule has 1 aromatic rings. The zero-order valence-corrected chi connectivity index (χ0v) is 8.28. The van der Waals surface area contributed by atoms with Gasteiger partial charge >= 0.3 is 0 Å². The number of methoxy groups -OCH3 is 1. The van der Waals surface area contributed by atoms with Gasteiger partial charge in [-0.25, -0.2) is 0 Å². The molecule has 0 atom stereocenters. The van der Waals surface area contributed by atoms with Crippen molar-refractivity contribution in [2.45, 2.75) is 6.92 Å². The Kier molecular flexibility index (Phi) is 3.29. The summed E-state index contributed by atoms with van der Waals surface area (Å²) < 4.78 is 5.09. The molecule has 0 heterocycles. The quantitative estimate of drug-likeness (QED) is 0.736. The lowest BCUT2D eigenvalue weighted by Gasteiger charge is -2.02. The number of hydrogen-bond donors (Lipinski definition) is 1. The predicted molar refractivity (Wildman–Crippen MR) is 56.0 cm³/mol. The Morgan fingerprint density at radius 3 is 2.71 bits per heavy atom. The second kappa shape index (κ2) is 4.46. The third-order valence-corrected chi connectivity index (χ3v) is 1.75. The molecule has 1 rings (SSSR count). The largest absolute Gasteiger partial charge is 0.497 e. The third-order valence-electron chi connectivity index (χ3n) is 1.75. The second-order valence-corrected chi connectivity index (χ2v) is 3.02. The van der Waals surface area contributed by atoms with Crippen LogP contribution in [0.4, 0.5) is 0 Å². The van der Waals surface area contributed by atoms with Gasteiger partial charge in [-0.05, 0) is 36.3 Å². The second-order valence-electron chi connectivity index (χ2n) is 3.02. The van der Waals surface area contributed by atoms with Crippen LogP contribution in [0.15, 0.2) is 24.3 Å². The van der Waals surface area contributed by atoms with Crippen molar-refractivity contribution < 1.29 is 9.53 Å². The van der Waals surface area contributed by atoms with Crippen LogP contribution in [0.1, 0.15) is 11.1 Å². The molecule has 0 aliphatic heterocycles. The van der Waals surface area contributed by atoms with Crippen LogP contribution in [0.3, 0.4) is 0 Å². The Hall–Kier alpha value is -1.77. The van der Waals surface area contributed by atoms with E-state index in [-0.39, 0.29) is 0 Å². The van der Waals surface area contributed by atoms with Crippen molar-refractivity contribution >= 4 is 12.0 Å².